The van der Waals surface area contributed by atoms with E-state index in [-0.39, 0.29) is 17.7 Å². The quantitative estimate of drug-likeness (QED) is 0.896. The van der Waals surface area contributed by atoms with Crippen molar-refractivity contribution in [3.05, 3.63) is 40.4 Å². The zero-order valence-electron chi connectivity index (χ0n) is 14.7. The van der Waals surface area contributed by atoms with Crippen LogP contribution in [0.5, 0.6) is 5.75 Å². The van der Waals surface area contributed by atoms with Gasteiger partial charge in [0.05, 0.1) is 19.3 Å². The van der Waals surface area contributed by atoms with E-state index in [1.807, 2.05) is 17.0 Å². The second-order valence-corrected chi connectivity index (χ2v) is 7.80. The summed E-state index contributed by atoms with van der Waals surface area (Å²) in [6.07, 6.45) is 3.79. The van der Waals surface area contributed by atoms with Gasteiger partial charge < -0.3 is 15.0 Å². The van der Waals surface area contributed by atoms with Crippen LogP contribution in [-0.4, -0.2) is 35.4 Å². The van der Waals surface area contributed by atoms with Crippen molar-refractivity contribution in [2.75, 3.05) is 19.0 Å². The van der Waals surface area contributed by atoms with Crippen molar-refractivity contribution in [3.63, 3.8) is 0 Å². The molecule has 1 saturated carbocycles. The Bertz CT molecular complexity index is 844. The van der Waals surface area contributed by atoms with Crippen LogP contribution in [0.3, 0.4) is 0 Å². The summed E-state index contributed by atoms with van der Waals surface area (Å²) in [6, 6.07) is 7.21. The molecule has 0 saturated heterocycles. The summed E-state index contributed by atoms with van der Waals surface area (Å²) in [5, 5.41) is 3.60. The highest BCUT2D eigenvalue weighted by atomic mass is 32.1. The summed E-state index contributed by atoms with van der Waals surface area (Å²) in [4.78, 5) is 32.3. The number of carbonyl (C=O) groups excluding carboxylic acids is 2. The standard InChI is InChI=1S/C19H21N3O3S/c1-25-14-7-3-6-13(10-14)18(24)22-9-8-15-16(11-22)26-19(20-15)21-17(23)12-4-2-5-12/h3,6-7,10,12H,2,4-5,8-9,11H2,1H3,(H,20,21,23). The molecule has 1 fully saturated rings. The molecule has 1 aliphatic carbocycles. The van der Waals surface area contributed by atoms with E-state index in [4.69, 9.17) is 4.74 Å². The largest absolute Gasteiger partial charge is 0.497 e. The van der Waals surface area contributed by atoms with Crippen molar-refractivity contribution in [2.24, 2.45) is 5.92 Å². The third-order valence-electron chi connectivity index (χ3n) is 5.04. The Hall–Kier alpha value is -2.41. The van der Waals surface area contributed by atoms with Gasteiger partial charge in [-0.15, -0.1) is 0 Å². The molecule has 7 heteroatoms. The van der Waals surface area contributed by atoms with Gasteiger partial charge in [-0.25, -0.2) is 4.98 Å². The summed E-state index contributed by atoms with van der Waals surface area (Å²) in [5.41, 5.74) is 1.62. The third-order valence-corrected chi connectivity index (χ3v) is 6.04. The molecule has 0 bridgehead atoms. The molecular formula is C19H21N3O3S. The molecule has 1 aliphatic heterocycles. The number of nitrogens with zero attached hydrogens (tertiary/aromatic N) is 2. The van der Waals surface area contributed by atoms with Gasteiger partial charge in [0.2, 0.25) is 5.91 Å². The van der Waals surface area contributed by atoms with Gasteiger partial charge in [-0.3, -0.25) is 9.59 Å². The Morgan fingerprint density at radius 1 is 1.35 bits per heavy atom. The van der Waals surface area contributed by atoms with Gasteiger partial charge in [0.1, 0.15) is 5.75 Å². The van der Waals surface area contributed by atoms with Crippen LogP contribution in [0, 0.1) is 5.92 Å². The molecule has 4 rings (SSSR count). The van der Waals surface area contributed by atoms with Crippen molar-refractivity contribution in [1.29, 1.82) is 0 Å². The maximum absolute atomic E-state index is 12.8. The van der Waals surface area contributed by atoms with E-state index in [0.29, 0.717) is 36.0 Å². The molecule has 6 nitrogen and oxygen atoms in total. The number of carbonyl (C=O) groups is 2. The minimum absolute atomic E-state index is 0.0111. The summed E-state index contributed by atoms with van der Waals surface area (Å²) in [6.45, 7) is 1.16. The third kappa shape index (κ3) is 3.31. The summed E-state index contributed by atoms with van der Waals surface area (Å²) in [5.74, 6) is 0.879. The molecule has 136 valence electrons. The molecule has 0 spiro atoms. The average Bonchev–Trinajstić information content (AvgIpc) is 3.00. The van der Waals surface area contributed by atoms with E-state index in [0.717, 1.165) is 29.8 Å². The van der Waals surface area contributed by atoms with Crippen molar-refractivity contribution >= 4 is 28.3 Å². The fourth-order valence-electron chi connectivity index (χ4n) is 3.24. The Morgan fingerprint density at radius 2 is 2.19 bits per heavy atom. The number of ether oxygens (including phenoxy) is 1. The maximum atomic E-state index is 12.8. The van der Waals surface area contributed by atoms with Crippen molar-refractivity contribution in [2.45, 2.75) is 32.2 Å². The van der Waals surface area contributed by atoms with Crippen LogP contribution >= 0.6 is 11.3 Å². The fourth-order valence-corrected chi connectivity index (χ4v) is 4.27. The molecule has 2 aliphatic rings. The van der Waals surface area contributed by atoms with E-state index in [1.165, 1.54) is 11.3 Å². The van der Waals surface area contributed by atoms with Gasteiger partial charge in [-0.1, -0.05) is 23.8 Å². The van der Waals surface area contributed by atoms with Crippen LogP contribution in [0.4, 0.5) is 5.13 Å². The first-order valence-electron chi connectivity index (χ1n) is 8.87. The lowest BCUT2D eigenvalue weighted by Crippen LogP contribution is -2.35. The first kappa shape index (κ1) is 17.0. The number of aromatic nitrogens is 1. The number of nitrogens with one attached hydrogen (secondary N) is 1. The summed E-state index contributed by atoms with van der Waals surface area (Å²) < 4.78 is 5.20. The molecular weight excluding hydrogens is 350 g/mol. The first-order valence-corrected chi connectivity index (χ1v) is 9.68. The predicted octanol–water partition coefficient (Wildman–Crippen LogP) is 3.09. The van der Waals surface area contributed by atoms with Gasteiger partial charge in [-0.05, 0) is 31.0 Å². The van der Waals surface area contributed by atoms with E-state index < -0.39 is 0 Å². The van der Waals surface area contributed by atoms with E-state index in [1.54, 1.807) is 19.2 Å². The number of rotatable bonds is 4. The Kier molecular flexibility index (Phi) is 4.63. The molecule has 2 aromatic rings. The summed E-state index contributed by atoms with van der Waals surface area (Å²) in [7, 11) is 1.59. The van der Waals surface area contributed by atoms with Crippen molar-refractivity contribution in [1.82, 2.24) is 9.88 Å². The second kappa shape index (κ2) is 7.07. The lowest BCUT2D eigenvalue weighted by atomic mass is 9.85. The van der Waals surface area contributed by atoms with E-state index in [2.05, 4.69) is 10.3 Å². The molecule has 0 unspecified atom stereocenters. The number of hydrogen-bond acceptors (Lipinski definition) is 5. The van der Waals surface area contributed by atoms with Crippen LogP contribution in [0.15, 0.2) is 24.3 Å². The smallest absolute Gasteiger partial charge is 0.254 e. The molecule has 26 heavy (non-hydrogen) atoms. The van der Waals surface area contributed by atoms with Gasteiger partial charge in [0.25, 0.3) is 5.91 Å². The maximum Gasteiger partial charge on any atom is 0.254 e. The van der Waals surface area contributed by atoms with Crippen molar-refractivity contribution in [3.8, 4) is 5.75 Å². The van der Waals surface area contributed by atoms with Gasteiger partial charge >= 0.3 is 0 Å². The molecule has 2 amide bonds. The number of amides is 2. The highest BCUT2D eigenvalue weighted by molar-refractivity contribution is 7.15. The first-order chi connectivity index (χ1) is 12.6. The molecule has 1 aromatic heterocycles. The zero-order valence-corrected chi connectivity index (χ0v) is 15.5. The van der Waals surface area contributed by atoms with Crippen LogP contribution in [0.1, 0.15) is 40.2 Å². The monoisotopic (exact) mass is 371 g/mol. The Balaban J connectivity index is 1.45. The molecule has 0 radical (unpaired) electrons. The topological polar surface area (TPSA) is 71.5 Å². The number of thiazole rings is 1. The van der Waals surface area contributed by atoms with E-state index >= 15 is 0 Å². The number of hydrogen-bond donors (Lipinski definition) is 1. The SMILES string of the molecule is COc1cccc(C(=O)N2CCc3nc(NC(=O)C4CCC4)sc3C2)c1. The highest BCUT2D eigenvalue weighted by Gasteiger charge is 2.28. The molecule has 0 atom stereocenters. The van der Waals surface area contributed by atoms with Gasteiger partial charge in [0, 0.05) is 29.3 Å². The second-order valence-electron chi connectivity index (χ2n) is 6.71. The Morgan fingerprint density at radius 3 is 2.92 bits per heavy atom. The van der Waals surface area contributed by atoms with Crippen LogP contribution in [0.25, 0.3) is 0 Å². The number of anilines is 1. The predicted molar refractivity (Wildman–Crippen MR) is 99.5 cm³/mol. The lowest BCUT2D eigenvalue weighted by Gasteiger charge is -2.26. The number of fused-ring (bicyclic) bond motifs is 1. The zero-order chi connectivity index (χ0) is 18.1. The normalized spacial score (nSPS) is 16.6. The highest BCUT2D eigenvalue weighted by Crippen LogP contribution is 2.32. The fraction of sp³-hybridized carbons (Fsp3) is 0.421. The minimum atomic E-state index is -0.0111. The molecule has 1 N–H and O–H groups in total. The van der Waals surface area contributed by atoms with Crippen molar-refractivity contribution < 1.29 is 14.3 Å². The lowest BCUT2D eigenvalue weighted by molar-refractivity contribution is -0.122. The van der Waals surface area contributed by atoms with Crippen LogP contribution < -0.4 is 10.1 Å². The summed E-state index contributed by atoms with van der Waals surface area (Å²) >= 11 is 1.48. The van der Waals surface area contributed by atoms with Gasteiger partial charge in [-0.2, -0.15) is 0 Å². The number of methoxy groups -OCH3 is 1. The van der Waals surface area contributed by atoms with E-state index in [9.17, 15) is 9.59 Å². The molecule has 1 aromatic carbocycles. The van der Waals surface area contributed by atoms with Crippen LogP contribution in [-0.2, 0) is 17.8 Å². The average molecular weight is 371 g/mol. The Labute approximate surface area is 156 Å². The van der Waals surface area contributed by atoms with Gasteiger partial charge in [0.15, 0.2) is 5.13 Å². The van der Waals surface area contributed by atoms with Crippen LogP contribution in [0.2, 0.25) is 0 Å². The molecule has 2 heterocycles. The number of benzene rings is 1. The minimum Gasteiger partial charge on any atom is -0.497 e.